The van der Waals surface area contributed by atoms with Crippen LogP contribution in [0, 0.1) is 0 Å². The highest BCUT2D eigenvalue weighted by Gasteiger charge is 2.30. The zero-order chi connectivity index (χ0) is 22.2. The molecule has 0 saturated heterocycles. The summed E-state index contributed by atoms with van der Waals surface area (Å²) < 4.78 is 7.00. The van der Waals surface area contributed by atoms with Gasteiger partial charge in [0.2, 0.25) is 5.91 Å². The minimum absolute atomic E-state index is 0.0163. The van der Waals surface area contributed by atoms with Crippen molar-refractivity contribution >= 4 is 45.9 Å². The van der Waals surface area contributed by atoms with Crippen molar-refractivity contribution in [1.82, 2.24) is 9.55 Å². The van der Waals surface area contributed by atoms with E-state index in [1.807, 2.05) is 30.0 Å². The number of halogens is 1. The Kier molecular flexibility index (Phi) is 5.53. The van der Waals surface area contributed by atoms with Gasteiger partial charge in [-0.15, -0.1) is 0 Å². The third kappa shape index (κ3) is 3.82. The molecule has 0 spiro atoms. The molecule has 0 N–H and O–H groups in total. The highest BCUT2D eigenvalue weighted by atomic mass is 35.5. The van der Waals surface area contributed by atoms with Crippen molar-refractivity contribution in [2.75, 3.05) is 10.7 Å². The lowest BCUT2D eigenvalue weighted by Gasteiger charge is -2.22. The SMILES string of the molecule is CC1Cc2ccccc2N1C(=O)CSc1nc2cc(Cl)ccc2c(=O)n1Cc1ccco1. The van der Waals surface area contributed by atoms with E-state index in [4.69, 9.17) is 16.0 Å². The summed E-state index contributed by atoms with van der Waals surface area (Å²) in [7, 11) is 0. The third-order valence-electron chi connectivity index (χ3n) is 5.58. The number of hydrogen-bond donors (Lipinski definition) is 0. The number of furan rings is 1. The number of carbonyl (C=O) groups excluding carboxylic acids is 1. The number of aromatic nitrogens is 2. The van der Waals surface area contributed by atoms with Gasteiger partial charge >= 0.3 is 0 Å². The van der Waals surface area contributed by atoms with Crippen LogP contribution < -0.4 is 10.5 Å². The lowest BCUT2D eigenvalue weighted by molar-refractivity contribution is -0.116. The number of para-hydroxylation sites is 1. The third-order valence-corrected chi connectivity index (χ3v) is 6.77. The van der Waals surface area contributed by atoms with E-state index in [1.165, 1.54) is 17.3 Å². The van der Waals surface area contributed by atoms with Gasteiger partial charge in [0.05, 0.1) is 29.5 Å². The van der Waals surface area contributed by atoms with Gasteiger partial charge in [0, 0.05) is 16.8 Å². The van der Waals surface area contributed by atoms with E-state index >= 15 is 0 Å². The monoisotopic (exact) mass is 465 g/mol. The molecule has 1 aliphatic rings. The van der Waals surface area contributed by atoms with E-state index in [0.29, 0.717) is 26.8 Å². The fraction of sp³-hybridized carbons (Fsp3) is 0.208. The number of amides is 1. The second-order valence-electron chi connectivity index (χ2n) is 7.76. The minimum atomic E-state index is -0.196. The first-order chi connectivity index (χ1) is 15.5. The Hall–Kier alpha value is -3.03. The molecule has 0 radical (unpaired) electrons. The Morgan fingerprint density at radius 3 is 2.88 bits per heavy atom. The van der Waals surface area contributed by atoms with Crippen LogP contribution in [0.15, 0.2) is 75.2 Å². The number of fused-ring (bicyclic) bond motifs is 2. The van der Waals surface area contributed by atoms with Gasteiger partial charge in [0.1, 0.15) is 5.76 Å². The van der Waals surface area contributed by atoms with Crippen molar-refractivity contribution in [2.45, 2.75) is 31.1 Å². The molecule has 3 heterocycles. The predicted octanol–water partition coefficient (Wildman–Crippen LogP) is 4.76. The molecule has 5 rings (SSSR count). The van der Waals surface area contributed by atoms with Gasteiger partial charge in [-0.1, -0.05) is 41.6 Å². The lowest BCUT2D eigenvalue weighted by Crippen LogP contribution is -2.37. The molecule has 0 saturated carbocycles. The van der Waals surface area contributed by atoms with Crippen molar-refractivity contribution in [3.63, 3.8) is 0 Å². The number of rotatable bonds is 5. The molecule has 32 heavy (non-hydrogen) atoms. The fourth-order valence-corrected chi connectivity index (χ4v) is 5.15. The maximum Gasteiger partial charge on any atom is 0.262 e. The van der Waals surface area contributed by atoms with Gasteiger partial charge in [0.15, 0.2) is 5.16 Å². The number of carbonyl (C=O) groups is 1. The van der Waals surface area contributed by atoms with Gasteiger partial charge in [0.25, 0.3) is 5.56 Å². The van der Waals surface area contributed by atoms with Crippen molar-refractivity contribution in [3.05, 3.63) is 87.6 Å². The van der Waals surface area contributed by atoms with Gasteiger partial charge in [-0.2, -0.15) is 0 Å². The molecule has 2 aromatic carbocycles. The van der Waals surface area contributed by atoms with Crippen LogP contribution in [0.3, 0.4) is 0 Å². The molecule has 1 atom stereocenters. The number of nitrogens with zero attached hydrogens (tertiary/aromatic N) is 3. The van der Waals surface area contributed by atoms with Gasteiger partial charge in [-0.05, 0) is 55.3 Å². The molecule has 2 aromatic heterocycles. The second-order valence-corrected chi connectivity index (χ2v) is 9.14. The van der Waals surface area contributed by atoms with Gasteiger partial charge in [-0.3, -0.25) is 14.2 Å². The Bertz CT molecular complexity index is 1370. The molecule has 0 fully saturated rings. The van der Waals surface area contributed by atoms with Crippen LogP contribution in [-0.2, 0) is 17.8 Å². The normalized spacial score (nSPS) is 15.3. The van der Waals surface area contributed by atoms with E-state index < -0.39 is 0 Å². The maximum atomic E-state index is 13.2. The summed E-state index contributed by atoms with van der Waals surface area (Å²) in [6.45, 7) is 2.28. The fourth-order valence-electron chi connectivity index (χ4n) is 4.12. The molecular formula is C24H20ClN3O3S. The van der Waals surface area contributed by atoms with Crippen LogP contribution in [0.5, 0.6) is 0 Å². The lowest BCUT2D eigenvalue weighted by atomic mass is 10.1. The summed E-state index contributed by atoms with van der Waals surface area (Å²) in [5, 5.41) is 1.43. The molecule has 6 nitrogen and oxygen atoms in total. The summed E-state index contributed by atoms with van der Waals surface area (Å²) >= 11 is 7.38. The van der Waals surface area contributed by atoms with Crippen LogP contribution in [0.1, 0.15) is 18.2 Å². The summed E-state index contributed by atoms with van der Waals surface area (Å²) in [4.78, 5) is 32.9. The Morgan fingerprint density at radius 2 is 2.06 bits per heavy atom. The van der Waals surface area contributed by atoms with Crippen molar-refractivity contribution < 1.29 is 9.21 Å². The average Bonchev–Trinajstić information content (AvgIpc) is 3.40. The standard InChI is InChI=1S/C24H20ClN3O3S/c1-15-11-16-5-2-3-7-21(16)28(15)22(29)14-32-24-26-20-12-17(25)8-9-19(20)23(30)27(24)13-18-6-4-10-31-18/h2-10,12,15H,11,13-14H2,1H3. The van der Waals surface area contributed by atoms with Crippen LogP contribution in [-0.4, -0.2) is 27.3 Å². The van der Waals surface area contributed by atoms with E-state index in [1.54, 1.807) is 41.2 Å². The number of benzene rings is 2. The quantitative estimate of drug-likeness (QED) is 0.314. The molecule has 162 valence electrons. The molecule has 1 amide bonds. The van der Waals surface area contributed by atoms with Crippen molar-refractivity contribution in [1.29, 1.82) is 0 Å². The Balaban J connectivity index is 1.48. The molecule has 0 bridgehead atoms. The molecule has 1 aliphatic heterocycles. The van der Waals surface area contributed by atoms with Gasteiger partial charge < -0.3 is 9.32 Å². The smallest absolute Gasteiger partial charge is 0.262 e. The molecular weight excluding hydrogens is 446 g/mol. The largest absolute Gasteiger partial charge is 0.467 e. The van der Waals surface area contributed by atoms with Crippen LogP contribution in [0.2, 0.25) is 5.02 Å². The number of thioether (sulfide) groups is 1. The highest BCUT2D eigenvalue weighted by Crippen LogP contribution is 2.33. The average molecular weight is 466 g/mol. The zero-order valence-electron chi connectivity index (χ0n) is 17.3. The predicted molar refractivity (Wildman–Crippen MR) is 127 cm³/mol. The first kappa shape index (κ1) is 20.8. The van der Waals surface area contributed by atoms with Crippen LogP contribution in [0.25, 0.3) is 10.9 Å². The summed E-state index contributed by atoms with van der Waals surface area (Å²) in [5.41, 5.74) is 2.44. The molecule has 1 unspecified atom stereocenters. The second kappa shape index (κ2) is 8.48. The van der Waals surface area contributed by atoms with E-state index in [0.717, 1.165) is 12.1 Å². The van der Waals surface area contributed by atoms with Crippen LogP contribution in [0.4, 0.5) is 5.69 Å². The Labute approximate surface area is 193 Å². The minimum Gasteiger partial charge on any atom is -0.467 e. The van der Waals surface area contributed by atoms with Gasteiger partial charge in [-0.25, -0.2) is 4.98 Å². The number of anilines is 1. The topological polar surface area (TPSA) is 68.3 Å². The zero-order valence-corrected chi connectivity index (χ0v) is 18.9. The molecule has 4 aromatic rings. The van der Waals surface area contributed by atoms with E-state index in [9.17, 15) is 9.59 Å². The number of hydrogen-bond acceptors (Lipinski definition) is 5. The summed E-state index contributed by atoms with van der Waals surface area (Å²) in [6.07, 6.45) is 2.40. The highest BCUT2D eigenvalue weighted by molar-refractivity contribution is 7.99. The summed E-state index contributed by atoms with van der Waals surface area (Å²) in [5.74, 6) is 0.782. The van der Waals surface area contributed by atoms with E-state index in [2.05, 4.69) is 11.1 Å². The van der Waals surface area contributed by atoms with Crippen molar-refractivity contribution in [3.8, 4) is 0 Å². The first-order valence-electron chi connectivity index (χ1n) is 10.3. The van der Waals surface area contributed by atoms with Crippen molar-refractivity contribution in [2.24, 2.45) is 0 Å². The summed E-state index contributed by atoms with van der Waals surface area (Å²) in [6, 6.07) is 16.7. The molecule has 0 aliphatic carbocycles. The van der Waals surface area contributed by atoms with Crippen LogP contribution >= 0.6 is 23.4 Å². The first-order valence-corrected chi connectivity index (χ1v) is 11.6. The maximum absolute atomic E-state index is 13.2. The van der Waals surface area contributed by atoms with E-state index in [-0.39, 0.29) is 29.8 Å². The molecule has 8 heteroatoms. The Morgan fingerprint density at radius 1 is 1.22 bits per heavy atom.